The first-order valence-corrected chi connectivity index (χ1v) is 12.9. The Kier molecular flexibility index (Phi) is 8.61. The van der Waals surface area contributed by atoms with Crippen molar-refractivity contribution < 1.29 is 36.5 Å². The van der Waals surface area contributed by atoms with Crippen LogP contribution in [0.25, 0.3) is 0 Å². The molecule has 1 unspecified atom stereocenters. The number of thiophene rings is 1. The summed E-state index contributed by atoms with van der Waals surface area (Å²) in [5, 5.41) is 24.3. The zero-order chi connectivity index (χ0) is 25.0. The van der Waals surface area contributed by atoms with E-state index in [1.54, 1.807) is 11.4 Å². The molecule has 3 rings (SSSR count). The van der Waals surface area contributed by atoms with Gasteiger partial charge in [0.25, 0.3) is 0 Å². The highest BCUT2D eigenvalue weighted by atomic mass is 32.2. The minimum Gasteiger partial charge on any atom is -0.395 e. The molecule has 0 spiro atoms. The lowest BCUT2D eigenvalue weighted by molar-refractivity contribution is -0.258. The van der Waals surface area contributed by atoms with E-state index in [-0.39, 0.29) is 29.0 Å². The van der Waals surface area contributed by atoms with E-state index < -0.39 is 27.8 Å². The van der Waals surface area contributed by atoms with Crippen molar-refractivity contribution in [1.29, 1.82) is 0 Å². The predicted octanol–water partition coefficient (Wildman–Crippen LogP) is 1.97. The predicted molar refractivity (Wildman–Crippen MR) is 122 cm³/mol. The van der Waals surface area contributed by atoms with Crippen molar-refractivity contribution in [1.82, 2.24) is 9.62 Å². The summed E-state index contributed by atoms with van der Waals surface area (Å²) in [4.78, 5) is 1.98. The van der Waals surface area contributed by atoms with Crippen LogP contribution in [0, 0.1) is 0 Å². The lowest BCUT2D eigenvalue weighted by Gasteiger charge is -2.37. The summed E-state index contributed by atoms with van der Waals surface area (Å²) in [6.45, 7) is 2.24. The Morgan fingerprint density at radius 1 is 1.26 bits per heavy atom. The summed E-state index contributed by atoms with van der Waals surface area (Å²) in [7, 11) is -3.73. The van der Waals surface area contributed by atoms with Crippen LogP contribution in [0.2, 0.25) is 0 Å². The van der Waals surface area contributed by atoms with Crippen molar-refractivity contribution in [2.75, 3.05) is 44.8 Å². The van der Waals surface area contributed by atoms with Crippen molar-refractivity contribution in [3.63, 3.8) is 0 Å². The van der Waals surface area contributed by atoms with E-state index in [0.717, 1.165) is 11.3 Å². The van der Waals surface area contributed by atoms with Gasteiger partial charge in [-0.1, -0.05) is 18.2 Å². The molecule has 0 amide bonds. The second-order valence-corrected chi connectivity index (χ2v) is 11.1. The fraction of sp³-hybridized carbons (Fsp3) is 0.524. The Morgan fingerprint density at radius 3 is 2.56 bits per heavy atom. The molecule has 13 heteroatoms. The summed E-state index contributed by atoms with van der Waals surface area (Å²) in [5.41, 5.74) is -2.85. The van der Waals surface area contributed by atoms with E-state index in [2.05, 4.69) is 10.0 Å². The number of ether oxygens (including phenoxy) is 1. The van der Waals surface area contributed by atoms with Gasteiger partial charge >= 0.3 is 6.18 Å². The topological polar surface area (TPSA) is 111 Å². The van der Waals surface area contributed by atoms with E-state index in [1.807, 2.05) is 4.90 Å². The van der Waals surface area contributed by atoms with Gasteiger partial charge in [0.2, 0.25) is 10.0 Å². The molecule has 0 aliphatic carbocycles. The van der Waals surface area contributed by atoms with Crippen LogP contribution in [-0.4, -0.2) is 81.2 Å². The second-order valence-electron chi connectivity index (χ2n) is 8.18. The third kappa shape index (κ3) is 6.47. The Bertz CT molecular complexity index is 1020. The number of nitrogens with one attached hydrogen (secondary N) is 2. The van der Waals surface area contributed by atoms with Gasteiger partial charge in [-0.2, -0.15) is 13.2 Å². The zero-order valence-electron chi connectivity index (χ0n) is 18.5. The number of halogens is 3. The molecule has 190 valence electrons. The van der Waals surface area contributed by atoms with Crippen molar-refractivity contribution in [3.05, 3.63) is 47.3 Å². The number of anilines is 1. The van der Waals surface area contributed by atoms with E-state index >= 15 is 0 Å². The average Bonchev–Trinajstić information content (AvgIpc) is 3.34. The molecular formula is C21H28F3N3O5S2. The van der Waals surface area contributed by atoms with Gasteiger partial charge in [0, 0.05) is 25.3 Å². The zero-order valence-corrected chi connectivity index (χ0v) is 20.1. The minimum absolute atomic E-state index is 0.00223. The number of aliphatic hydroxyl groups is 2. The molecule has 0 saturated carbocycles. The SMILES string of the molecule is CC(O)(c1ccc(N[C@H](CNS(=O)(=O)c2cccs2)CN2CCOC[C@@H]2CO)cc1)C(F)(F)F. The number of alkyl halides is 3. The molecular weight excluding hydrogens is 495 g/mol. The van der Waals surface area contributed by atoms with Crippen molar-refractivity contribution in [2.24, 2.45) is 0 Å². The first-order chi connectivity index (χ1) is 15.9. The fourth-order valence-electron chi connectivity index (χ4n) is 3.53. The van der Waals surface area contributed by atoms with Gasteiger partial charge in [0.15, 0.2) is 5.60 Å². The Balaban J connectivity index is 1.76. The Morgan fingerprint density at radius 2 is 1.97 bits per heavy atom. The summed E-state index contributed by atoms with van der Waals surface area (Å²) in [6, 6.07) is 7.54. The number of rotatable bonds is 10. The maximum atomic E-state index is 13.1. The third-order valence-corrected chi connectivity index (χ3v) is 8.49. The highest BCUT2D eigenvalue weighted by Crippen LogP contribution is 2.38. The molecule has 2 heterocycles. The lowest BCUT2D eigenvalue weighted by atomic mass is 9.95. The monoisotopic (exact) mass is 523 g/mol. The van der Waals surface area contributed by atoms with Gasteiger partial charge in [-0.15, -0.1) is 11.3 Å². The maximum absolute atomic E-state index is 13.1. The molecule has 1 aliphatic rings. The van der Waals surface area contributed by atoms with Gasteiger partial charge in [-0.05, 0) is 36.1 Å². The van der Waals surface area contributed by atoms with Crippen LogP contribution in [-0.2, 0) is 20.4 Å². The van der Waals surface area contributed by atoms with E-state index in [1.165, 1.54) is 30.3 Å². The number of sulfonamides is 1. The first-order valence-electron chi connectivity index (χ1n) is 10.6. The number of aliphatic hydroxyl groups excluding tert-OH is 1. The van der Waals surface area contributed by atoms with E-state index in [9.17, 15) is 31.8 Å². The van der Waals surface area contributed by atoms with Crippen LogP contribution in [0.4, 0.5) is 18.9 Å². The number of morpholine rings is 1. The summed E-state index contributed by atoms with van der Waals surface area (Å²) < 4.78 is 72.7. The van der Waals surface area contributed by atoms with E-state index in [4.69, 9.17) is 4.74 Å². The quantitative estimate of drug-likeness (QED) is 0.377. The summed E-state index contributed by atoms with van der Waals surface area (Å²) in [5.74, 6) is 0. The second kappa shape index (κ2) is 10.9. The molecule has 1 saturated heterocycles. The van der Waals surface area contributed by atoms with Crippen molar-refractivity contribution in [3.8, 4) is 0 Å². The summed E-state index contributed by atoms with van der Waals surface area (Å²) in [6.07, 6.45) is -4.83. The van der Waals surface area contributed by atoms with Crippen LogP contribution in [0.3, 0.4) is 0 Å². The molecule has 0 radical (unpaired) electrons. The number of hydrogen-bond donors (Lipinski definition) is 4. The maximum Gasteiger partial charge on any atom is 0.421 e. The lowest BCUT2D eigenvalue weighted by Crippen LogP contribution is -2.53. The van der Waals surface area contributed by atoms with Crippen LogP contribution < -0.4 is 10.0 Å². The molecule has 2 aromatic rings. The van der Waals surface area contributed by atoms with Crippen molar-refractivity contribution >= 4 is 27.0 Å². The van der Waals surface area contributed by atoms with Gasteiger partial charge in [-0.3, -0.25) is 4.90 Å². The Labute approximate surface area is 200 Å². The standard InChI is InChI=1S/C21H28F3N3O5S2/c1-20(29,21(22,23)24)15-4-6-16(7-5-15)26-17(12-27-8-9-32-14-18(27)13-28)11-25-34(30,31)19-3-2-10-33-19/h2-7,10,17-18,25-26,28-29H,8-9,11-14H2,1H3/t17-,18+,20?/m1/s1. The van der Waals surface area contributed by atoms with Gasteiger partial charge in [0.05, 0.1) is 31.9 Å². The largest absolute Gasteiger partial charge is 0.421 e. The first kappa shape index (κ1) is 26.9. The van der Waals surface area contributed by atoms with Gasteiger partial charge in [-0.25, -0.2) is 13.1 Å². The molecule has 1 aromatic heterocycles. The molecule has 1 aromatic carbocycles. The number of hydrogen-bond acceptors (Lipinski definition) is 8. The number of benzene rings is 1. The van der Waals surface area contributed by atoms with Gasteiger partial charge in [0.1, 0.15) is 4.21 Å². The normalized spacial score (nSPS) is 20.6. The molecule has 34 heavy (non-hydrogen) atoms. The van der Waals surface area contributed by atoms with Crippen molar-refractivity contribution in [2.45, 2.75) is 35.0 Å². The minimum atomic E-state index is -4.83. The fourth-order valence-corrected chi connectivity index (χ4v) is 5.65. The molecule has 1 aliphatic heterocycles. The average molecular weight is 524 g/mol. The molecule has 8 nitrogen and oxygen atoms in total. The highest BCUT2D eigenvalue weighted by molar-refractivity contribution is 7.91. The highest BCUT2D eigenvalue weighted by Gasteiger charge is 2.51. The molecule has 0 bridgehead atoms. The smallest absolute Gasteiger partial charge is 0.395 e. The number of nitrogens with zero attached hydrogens (tertiary/aromatic N) is 1. The summed E-state index contributed by atoms with van der Waals surface area (Å²) >= 11 is 1.08. The van der Waals surface area contributed by atoms with Crippen LogP contribution in [0.5, 0.6) is 0 Å². The van der Waals surface area contributed by atoms with Gasteiger partial charge < -0.3 is 20.3 Å². The van der Waals surface area contributed by atoms with Crippen LogP contribution in [0.15, 0.2) is 46.0 Å². The molecule has 4 N–H and O–H groups in total. The van der Waals surface area contributed by atoms with Crippen LogP contribution in [0.1, 0.15) is 12.5 Å². The molecule has 1 fully saturated rings. The third-order valence-electron chi connectivity index (χ3n) is 5.66. The van der Waals surface area contributed by atoms with E-state index in [0.29, 0.717) is 38.9 Å². The van der Waals surface area contributed by atoms with Crippen LogP contribution >= 0.6 is 11.3 Å². The Hall–Kier alpha value is -1.74. The molecule has 3 atom stereocenters.